The lowest BCUT2D eigenvalue weighted by Crippen LogP contribution is -2.78. The van der Waals surface area contributed by atoms with E-state index in [-0.39, 0.29) is 18.2 Å². The molecule has 0 radical (unpaired) electrons. The summed E-state index contributed by atoms with van der Waals surface area (Å²) in [5.41, 5.74) is 2.49. The maximum Gasteiger partial charge on any atom is 0.412 e. The third-order valence-corrected chi connectivity index (χ3v) is 7.89. The molecule has 196 valence electrons. The van der Waals surface area contributed by atoms with E-state index in [1.165, 1.54) is 5.56 Å². The van der Waals surface area contributed by atoms with Gasteiger partial charge in [-0.3, -0.25) is 4.90 Å². The second-order valence-electron chi connectivity index (χ2n) is 11.9. The van der Waals surface area contributed by atoms with Crippen LogP contribution < -0.4 is 0 Å². The summed E-state index contributed by atoms with van der Waals surface area (Å²) in [7, 11) is 0. The molecule has 6 heteroatoms. The molecule has 2 atom stereocenters. The highest BCUT2D eigenvalue weighted by atomic mass is 16.6. The lowest BCUT2D eigenvalue weighted by Gasteiger charge is -2.63. The number of rotatable bonds is 3. The number of hydrogen-bond donors (Lipinski definition) is 0. The molecular weight excluding hydrogens is 474 g/mol. The summed E-state index contributed by atoms with van der Waals surface area (Å²) in [5, 5.41) is 0. The number of carbonyl (C=O) groups excluding carboxylic acids is 1. The van der Waals surface area contributed by atoms with E-state index in [1.807, 2.05) is 57.7 Å². The summed E-state index contributed by atoms with van der Waals surface area (Å²) < 4.78 is 12.3. The zero-order valence-corrected chi connectivity index (χ0v) is 22.7. The molecule has 3 heterocycles. The lowest BCUT2D eigenvalue weighted by molar-refractivity contribution is -0.0675. The van der Waals surface area contributed by atoms with Crippen LogP contribution in [0.15, 0.2) is 89.9 Å². The molecule has 2 saturated heterocycles. The zero-order chi connectivity index (χ0) is 26.7. The minimum absolute atomic E-state index is 0.117. The molecular formula is C32H35N3O3. The molecule has 38 heavy (non-hydrogen) atoms. The molecule has 0 saturated carbocycles. The number of carbonyl (C=O) groups is 1. The Kier molecular flexibility index (Phi) is 5.65. The molecule has 0 spiro atoms. The smallest absolute Gasteiger partial charge is 0.412 e. The van der Waals surface area contributed by atoms with Crippen LogP contribution in [0.5, 0.6) is 0 Å². The van der Waals surface area contributed by atoms with E-state index in [2.05, 4.69) is 71.6 Å². The van der Waals surface area contributed by atoms with Crippen molar-refractivity contribution in [2.24, 2.45) is 4.99 Å². The summed E-state index contributed by atoms with van der Waals surface area (Å²) in [6.07, 6.45) is -0.358. The summed E-state index contributed by atoms with van der Waals surface area (Å²) in [5.74, 6) is 1.01. The fourth-order valence-corrected chi connectivity index (χ4v) is 6.43. The second-order valence-corrected chi connectivity index (χ2v) is 11.9. The molecule has 0 N–H and O–H groups in total. The topological polar surface area (TPSA) is 54.4 Å². The number of aliphatic imine (C=N–C) groups is 1. The van der Waals surface area contributed by atoms with Crippen LogP contribution in [-0.2, 0) is 21.4 Å². The second kappa shape index (κ2) is 8.70. The first-order chi connectivity index (χ1) is 18.1. The highest BCUT2D eigenvalue weighted by Crippen LogP contribution is 2.55. The van der Waals surface area contributed by atoms with Gasteiger partial charge in [-0.1, -0.05) is 78.9 Å². The summed E-state index contributed by atoms with van der Waals surface area (Å²) in [6.45, 7) is 10.7. The number of amidine groups is 1. The van der Waals surface area contributed by atoms with E-state index in [9.17, 15) is 4.79 Å². The highest BCUT2D eigenvalue weighted by molar-refractivity contribution is 6.06. The first-order valence-electron chi connectivity index (χ1n) is 13.3. The predicted molar refractivity (Wildman–Crippen MR) is 148 cm³/mol. The Morgan fingerprint density at radius 2 is 1.50 bits per heavy atom. The average Bonchev–Trinajstić information content (AvgIpc) is 3.19. The van der Waals surface area contributed by atoms with Gasteiger partial charge in [-0.25, -0.2) is 9.79 Å². The fourth-order valence-electron chi connectivity index (χ4n) is 6.43. The van der Waals surface area contributed by atoms with Gasteiger partial charge in [0, 0.05) is 6.54 Å². The molecule has 6 rings (SSSR count). The van der Waals surface area contributed by atoms with E-state index < -0.39 is 16.7 Å². The van der Waals surface area contributed by atoms with E-state index >= 15 is 0 Å². The van der Waals surface area contributed by atoms with Crippen molar-refractivity contribution in [3.05, 3.63) is 102 Å². The molecule has 0 bridgehead atoms. The van der Waals surface area contributed by atoms with Crippen LogP contribution in [0.1, 0.15) is 51.3 Å². The maximum atomic E-state index is 13.7. The number of fused-ring (bicyclic) bond motifs is 2. The number of ether oxygens (including phenoxy) is 2. The van der Waals surface area contributed by atoms with Crippen LogP contribution in [0.2, 0.25) is 0 Å². The molecule has 0 aliphatic carbocycles. The van der Waals surface area contributed by atoms with Gasteiger partial charge >= 0.3 is 6.09 Å². The highest BCUT2D eigenvalue weighted by Gasteiger charge is 2.67. The van der Waals surface area contributed by atoms with Crippen LogP contribution in [0.4, 0.5) is 10.5 Å². The number of benzene rings is 3. The Morgan fingerprint density at radius 3 is 2.11 bits per heavy atom. The van der Waals surface area contributed by atoms with Crippen molar-refractivity contribution in [3.8, 4) is 0 Å². The molecule has 3 aliphatic heterocycles. The number of para-hydroxylation sites is 1. The van der Waals surface area contributed by atoms with Crippen molar-refractivity contribution in [1.82, 2.24) is 9.80 Å². The van der Waals surface area contributed by atoms with Gasteiger partial charge < -0.3 is 14.4 Å². The molecule has 3 aliphatic rings. The summed E-state index contributed by atoms with van der Waals surface area (Å²) in [4.78, 5) is 23.2. The van der Waals surface area contributed by atoms with Gasteiger partial charge in [-0.2, -0.15) is 0 Å². The van der Waals surface area contributed by atoms with E-state index in [4.69, 9.17) is 14.5 Å². The first kappa shape index (κ1) is 24.7. The third-order valence-electron chi connectivity index (χ3n) is 7.89. The SMILES string of the molecule is CC(C)(C)OC(=O)N1[C@H]([C@@H]2N3Cc4ccccc4N=C3C2(c2ccccc2)c2ccccc2)COC1(C)C. The average molecular weight is 510 g/mol. The maximum absolute atomic E-state index is 13.7. The minimum Gasteiger partial charge on any atom is -0.444 e. The zero-order valence-electron chi connectivity index (χ0n) is 22.7. The quantitative estimate of drug-likeness (QED) is 0.417. The van der Waals surface area contributed by atoms with Crippen molar-refractivity contribution < 1.29 is 14.3 Å². The summed E-state index contributed by atoms with van der Waals surface area (Å²) in [6, 6.07) is 29.1. The number of hydrogen-bond acceptors (Lipinski definition) is 5. The van der Waals surface area contributed by atoms with Crippen molar-refractivity contribution in [1.29, 1.82) is 0 Å². The summed E-state index contributed by atoms with van der Waals surface area (Å²) >= 11 is 0. The Bertz CT molecular complexity index is 1340. The molecule has 1 amide bonds. The molecule has 0 aromatic heterocycles. The van der Waals surface area contributed by atoms with Gasteiger partial charge in [0.1, 0.15) is 22.6 Å². The molecule has 3 aromatic carbocycles. The Hall–Kier alpha value is -3.64. The van der Waals surface area contributed by atoms with Gasteiger partial charge in [-0.05, 0) is 57.4 Å². The Balaban J connectivity index is 1.57. The van der Waals surface area contributed by atoms with E-state index in [0.29, 0.717) is 6.61 Å². The van der Waals surface area contributed by atoms with Crippen LogP contribution in [0.3, 0.4) is 0 Å². The van der Waals surface area contributed by atoms with Gasteiger partial charge in [0.05, 0.1) is 24.4 Å². The van der Waals surface area contributed by atoms with Gasteiger partial charge in [0.25, 0.3) is 0 Å². The van der Waals surface area contributed by atoms with Crippen molar-refractivity contribution >= 4 is 17.6 Å². The Morgan fingerprint density at radius 1 is 0.921 bits per heavy atom. The van der Waals surface area contributed by atoms with Gasteiger partial charge in [0.15, 0.2) is 0 Å². The number of amides is 1. The lowest BCUT2D eigenvalue weighted by atomic mass is 9.58. The van der Waals surface area contributed by atoms with Gasteiger partial charge in [0.2, 0.25) is 0 Å². The third kappa shape index (κ3) is 3.73. The van der Waals surface area contributed by atoms with Crippen LogP contribution in [0.25, 0.3) is 0 Å². The van der Waals surface area contributed by atoms with Crippen molar-refractivity contribution in [3.63, 3.8) is 0 Å². The predicted octanol–water partition coefficient (Wildman–Crippen LogP) is 6.27. The van der Waals surface area contributed by atoms with Crippen LogP contribution in [0, 0.1) is 0 Å². The van der Waals surface area contributed by atoms with Crippen LogP contribution in [-0.4, -0.2) is 51.7 Å². The normalized spacial score (nSPS) is 23.1. The van der Waals surface area contributed by atoms with Crippen molar-refractivity contribution in [2.75, 3.05) is 6.61 Å². The number of nitrogens with zero attached hydrogens (tertiary/aromatic N) is 3. The van der Waals surface area contributed by atoms with E-state index in [1.54, 1.807) is 0 Å². The fraction of sp³-hybridized carbons (Fsp3) is 0.375. The van der Waals surface area contributed by atoms with Gasteiger partial charge in [-0.15, -0.1) is 0 Å². The van der Waals surface area contributed by atoms with E-state index in [0.717, 1.165) is 29.2 Å². The molecule has 0 unspecified atom stereocenters. The monoisotopic (exact) mass is 509 g/mol. The largest absolute Gasteiger partial charge is 0.444 e. The Labute approximate surface area is 224 Å². The van der Waals surface area contributed by atoms with Crippen LogP contribution >= 0.6 is 0 Å². The molecule has 3 aromatic rings. The first-order valence-corrected chi connectivity index (χ1v) is 13.3. The molecule has 2 fully saturated rings. The van der Waals surface area contributed by atoms with Crippen molar-refractivity contribution in [2.45, 2.75) is 70.0 Å². The minimum atomic E-state index is -0.813. The molecule has 6 nitrogen and oxygen atoms in total. The standard InChI is InChI=1S/C32H35N3O3/c1-30(2,3)38-29(36)35-26(21-37-31(35,4)5)27-32(23-15-8-6-9-16-23,24-17-10-7-11-18-24)28-33-25-19-13-12-14-22(25)20-34(27)28/h6-19,26-27H,20-21H2,1-5H3/t26-,27-/m0/s1.